The van der Waals surface area contributed by atoms with Gasteiger partial charge < -0.3 is 4.57 Å². The highest BCUT2D eigenvalue weighted by atomic mass is 15.0. The lowest BCUT2D eigenvalue weighted by atomic mass is 10.2. The molecular formula is C20H20N2. The first-order chi connectivity index (χ1) is 10.7. The molecule has 0 unspecified atom stereocenters. The van der Waals surface area contributed by atoms with Crippen LogP contribution in [0.5, 0.6) is 0 Å². The Labute approximate surface area is 131 Å². The summed E-state index contributed by atoms with van der Waals surface area (Å²) in [6.07, 6.45) is 4.14. The maximum atomic E-state index is 4.59. The van der Waals surface area contributed by atoms with Crippen LogP contribution >= 0.6 is 0 Å². The molecule has 110 valence electrons. The van der Waals surface area contributed by atoms with Crippen LogP contribution in [0.4, 0.5) is 0 Å². The SMILES string of the molecule is C=C(C)Cn1cc(C=NCc2ccccc2)c2ccccc21. The molecule has 3 aromatic rings. The molecule has 0 atom stereocenters. The van der Waals surface area contributed by atoms with Crippen molar-refractivity contribution < 1.29 is 0 Å². The summed E-state index contributed by atoms with van der Waals surface area (Å²) in [4.78, 5) is 4.59. The molecule has 0 radical (unpaired) electrons. The van der Waals surface area contributed by atoms with Gasteiger partial charge in [0, 0.05) is 35.4 Å². The van der Waals surface area contributed by atoms with Crippen LogP contribution < -0.4 is 0 Å². The third kappa shape index (κ3) is 3.17. The van der Waals surface area contributed by atoms with Crippen LogP contribution in [0.15, 0.2) is 77.9 Å². The Morgan fingerprint density at radius 1 is 1.09 bits per heavy atom. The van der Waals surface area contributed by atoms with E-state index in [0.29, 0.717) is 6.54 Å². The monoisotopic (exact) mass is 288 g/mol. The minimum atomic E-state index is 0.709. The van der Waals surface area contributed by atoms with Gasteiger partial charge in [0.1, 0.15) is 0 Å². The van der Waals surface area contributed by atoms with E-state index < -0.39 is 0 Å². The van der Waals surface area contributed by atoms with Crippen LogP contribution in [-0.2, 0) is 13.1 Å². The fraction of sp³-hybridized carbons (Fsp3) is 0.150. The van der Waals surface area contributed by atoms with Crippen molar-refractivity contribution in [1.82, 2.24) is 4.57 Å². The molecule has 2 nitrogen and oxygen atoms in total. The third-order valence-corrected chi connectivity index (χ3v) is 3.61. The number of para-hydroxylation sites is 1. The van der Waals surface area contributed by atoms with Crippen molar-refractivity contribution >= 4 is 17.1 Å². The Kier molecular flexibility index (Phi) is 4.19. The highest BCUT2D eigenvalue weighted by Gasteiger charge is 2.06. The standard InChI is InChI=1S/C20H20N2/c1-16(2)14-22-15-18(19-10-6-7-11-20(19)22)13-21-12-17-8-4-3-5-9-17/h3-11,13,15H,1,12,14H2,2H3. The van der Waals surface area contributed by atoms with Gasteiger partial charge in [-0.25, -0.2) is 0 Å². The fourth-order valence-electron chi connectivity index (χ4n) is 2.63. The van der Waals surface area contributed by atoms with E-state index in [1.165, 1.54) is 16.5 Å². The number of hydrogen-bond acceptors (Lipinski definition) is 1. The van der Waals surface area contributed by atoms with Crippen LogP contribution in [-0.4, -0.2) is 10.8 Å². The molecule has 0 N–H and O–H groups in total. The Balaban J connectivity index is 1.88. The topological polar surface area (TPSA) is 17.3 Å². The van der Waals surface area contributed by atoms with Crippen LogP contribution in [0.1, 0.15) is 18.1 Å². The molecule has 0 bridgehead atoms. The molecule has 22 heavy (non-hydrogen) atoms. The molecule has 1 aromatic heterocycles. The predicted molar refractivity (Wildman–Crippen MR) is 94.5 cm³/mol. The highest BCUT2D eigenvalue weighted by molar-refractivity contribution is 5.99. The largest absolute Gasteiger partial charge is 0.343 e. The molecular weight excluding hydrogens is 268 g/mol. The zero-order chi connectivity index (χ0) is 15.4. The molecule has 0 saturated heterocycles. The van der Waals surface area contributed by atoms with Crippen molar-refractivity contribution in [3.63, 3.8) is 0 Å². The minimum absolute atomic E-state index is 0.709. The first-order valence-corrected chi connectivity index (χ1v) is 7.50. The fourth-order valence-corrected chi connectivity index (χ4v) is 2.63. The Morgan fingerprint density at radius 2 is 1.82 bits per heavy atom. The average molecular weight is 288 g/mol. The normalized spacial score (nSPS) is 11.3. The van der Waals surface area contributed by atoms with Crippen LogP contribution in [0, 0.1) is 0 Å². The van der Waals surface area contributed by atoms with Gasteiger partial charge in [-0.1, -0.05) is 60.7 Å². The highest BCUT2D eigenvalue weighted by Crippen LogP contribution is 2.21. The lowest BCUT2D eigenvalue weighted by Crippen LogP contribution is -1.95. The summed E-state index contributed by atoms with van der Waals surface area (Å²) in [5.41, 5.74) is 4.76. The van der Waals surface area contributed by atoms with Crippen molar-refractivity contribution in [3.8, 4) is 0 Å². The predicted octanol–water partition coefficient (Wildman–Crippen LogP) is 4.84. The summed E-state index contributed by atoms with van der Waals surface area (Å²) in [7, 11) is 0. The van der Waals surface area contributed by atoms with E-state index in [1.54, 1.807) is 0 Å². The maximum absolute atomic E-state index is 4.59. The van der Waals surface area contributed by atoms with Gasteiger partial charge >= 0.3 is 0 Å². The first-order valence-electron chi connectivity index (χ1n) is 7.50. The molecule has 2 heteroatoms. The van der Waals surface area contributed by atoms with E-state index in [4.69, 9.17) is 0 Å². The second-order valence-electron chi connectivity index (χ2n) is 5.64. The molecule has 0 aliphatic rings. The number of hydrogen-bond donors (Lipinski definition) is 0. The van der Waals surface area contributed by atoms with Crippen molar-refractivity contribution in [1.29, 1.82) is 0 Å². The number of allylic oxidation sites excluding steroid dienone is 1. The van der Waals surface area contributed by atoms with E-state index >= 15 is 0 Å². The lowest BCUT2D eigenvalue weighted by molar-refractivity contribution is 0.822. The molecule has 0 amide bonds. The Bertz CT molecular complexity index is 810. The van der Waals surface area contributed by atoms with E-state index in [1.807, 2.05) is 24.4 Å². The van der Waals surface area contributed by atoms with Gasteiger partial charge in [-0.2, -0.15) is 0 Å². The maximum Gasteiger partial charge on any atom is 0.0639 e. The van der Waals surface area contributed by atoms with Gasteiger partial charge in [-0.05, 0) is 18.6 Å². The molecule has 0 saturated carbocycles. The summed E-state index contributed by atoms with van der Waals surface area (Å²) in [6.45, 7) is 7.62. The van der Waals surface area contributed by atoms with Crippen molar-refractivity contribution in [2.75, 3.05) is 0 Å². The molecule has 0 aliphatic heterocycles. The molecule has 2 aromatic carbocycles. The average Bonchev–Trinajstić information content (AvgIpc) is 2.86. The molecule has 0 aliphatic carbocycles. The summed E-state index contributed by atoms with van der Waals surface area (Å²) < 4.78 is 2.24. The summed E-state index contributed by atoms with van der Waals surface area (Å²) >= 11 is 0. The number of fused-ring (bicyclic) bond motifs is 1. The van der Waals surface area contributed by atoms with Gasteiger partial charge in [0.15, 0.2) is 0 Å². The number of aliphatic imine (C=N–C) groups is 1. The summed E-state index contributed by atoms with van der Waals surface area (Å²) in [5, 5.41) is 1.24. The lowest BCUT2D eigenvalue weighted by Gasteiger charge is -2.03. The molecule has 0 fully saturated rings. The van der Waals surface area contributed by atoms with Crippen LogP contribution in [0.2, 0.25) is 0 Å². The van der Waals surface area contributed by atoms with Gasteiger partial charge in [0.05, 0.1) is 6.54 Å². The Hall–Kier alpha value is -2.61. The van der Waals surface area contributed by atoms with E-state index in [-0.39, 0.29) is 0 Å². The van der Waals surface area contributed by atoms with Gasteiger partial charge in [-0.3, -0.25) is 4.99 Å². The summed E-state index contributed by atoms with van der Waals surface area (Å²) in [6, 6.07) is 18.8. The Morgan fingerprint density at radius 3 is 2.59 bits per heavy atom. The van der Waals surface area contributed by atoms with Crippen molar-refractivity contribution in [2.24, 2.45) is 4.99 Å². The second-order valence-corrected chi connectivity index (χ2v) is 5.64. The van der Waals surface area contributed by atoms with Crippen LogP contribution in [0.25, 0.3) is 10.9 Å². The number of rotatable bonds is 5. The van der Waals surface area contributed by atoms with Crippen LogP contribution in [0.3, 0.4) is 0 Å². The molecule has 1 heterocycles. The van der Waals surface area contributed by atoms with Gasteiger partial charge in [0.2, 0.25) is 0 Å². The van der Waals surface area contributed by atoms with Crippen molar-refractivity contribution in [2.45, 2.75) is 20.0 Å². The number of benzene rings is 2. The van der Waals surface area contributed by atoms with Crippen molar-refractivity contribution in [3.05, 3.63) is 84.1 Å². The molecule has 0 spiro atoms. The number of aromatic nitrogens is 1. The first kappa shape index (κ1) is 14.3. The van der Waals surface area contributed by atoms with E-state index in [9.17, 15) is 0 Å². The zero-order valence-corrected chi connectivity index (χ0v) is 12.9. The van der Waals surface area contributed by atoms with Gasteiger partial charge in [0.25, 0.3) is 0 Å². The van der Waals surface area contributed by atoms with E-state index in [2.05, 4.69) is 65.7 Å². The zero-order valence-electron chi connectivity index (χ0n) is 12.9. The third-order valence-electron chi connectivity index (χ3n) is 3.61. The number of nitrogens with zero attached hydrogens (tertiary/aromatic N) is 2. The smallest absolute Gasteiger partial charge is 0.0639 e. The second kappa shape index (κ2) is 6.44. The quantitative estimate of drug-likeness (QED) is 0.472. The molecule has 3 rings (SSSR count). The summed E-state index contributed by atoms with van der Waals surface area (Å²) in [5.74, 6) is 0. The van der Waals surface area contributed by atoms with Gasteiger partial charge in [-0.15, -0.1) is 0 Å². The minimum Gasteiger partial charge on any atom is -0.343 e. The van der Waals surface area contributed by atoms with E-state index in [0.717, 1.165) is 17.7 Å².